The third kappa shape index (κ3) is 2.37. The third-order valence-electron chi connectivity index (χ3n) is 3.27. The van der Waals surface area contributed by atoms with E-state index in [0.717, 1.165) is 0 Å². The summed E-state index contributed by atoms with van der Waals surface area (Å²) in [5.41, 5.74) is 2.24. The van der Waals surface area contributed by atoms with Crippen molar-refractivity contribution in [1.29, 1.82) is 0 Å². The van der Waals surface area contributed by atoms with E-state index in [-0.39, 0.29) is 11.9 Å². The van der Waals surface area contributed by atoms with Crippen LogP contribution in [0.3, 0.4) is 0 Å². The molecule has 7 heteroatoms. The van der Waals surface area contributed by atoms with Gasteiger partial charge in [0.2, 0.25) is 0 Å². The van der Waals surface area contributed by atoms with Gasteiger partial charge >= 0.3 is 0 Å². The first-order chi connectivity index (χ1) is 10.1. The second-order valence-corrected chi connectivity index (χ2v) is 4.93. The summed E-state index contributed by atoms with van der Waals surface area (Å²) in [6.45, 7) is 5.46. The van der Waals surface area contributed by atoms with Gasteiger partial charge in [0.25, 0.3) is 11.6 Å². The summed E-state index contributed by atoms with van der Waals surface area (Å²) in [6, 6.07) is 1.51. The minimum atomic E-state index is -0.226. The lowest BCUT2D eigenvalue weighted by Gasteiger charge is -2.12. The monoisotopic (exact) mass is 285 g/mol. The number of carbonyl (C=O) groups excluding carboxylic acids is 1. The van der Waals surface area contributed by atoms with Crippen LogP contribution in [-0.4, -0.2) is 26.0 Å². The molecule has 108 valence electrons. The standard InChI is InChI=1S/C14H15N5O2/c1-7-6-10(11-8(2)19-21-14(11)17-7)13(20)18-9(3)12-15-4-5-16-12/h4-6,9H,1-3H3,(H,15,16)(H,18,20). The first-order valence-electron chi connectivity index (χ1n) is 6.60. The summed E-state index contributed by atoms with van der Waals surface area (Å²) in [7, 11) is 0. The molecule has 1 atom stereocenters. The molecule has 2 N–H and O–H groups in total. The van der Waals surface area contributed by atoms with Crippen molar-refractivity contribution in [2.24, 2.45) is 0 Å². The van der Waals surface area contributed by atoms with Gasteiger partial charge in [0.15, 0.2) is 0 Å². The predicted molar refractivity (Wildman–Crippen MR) is 75.7 cm³/mol. The van der Waals surface area contributed by atoms with Gasteiger partial charge in [-0.1, -0.05) is 5.16 Å². The number of nitrogens with zero attached hydrogens (tertiary/aromatic N) is 3. The molecule has 7 nitrogen and oxygen atoms in total. The number of rotatable bonds is 3. The van der Waals surface area contributed by atoms with E-state index >= 15 is 0 Å². The second-order valence-electron chi connectivity index (χ2n) is 4.93. The number of nitrogens with one attached hydrogen (secondary N) is 2. The molecule has 1 amide bonds. The van der Waals surface area contributed by atoms with Crippen LogP contribution in [0.2, 0.25) is 0 Å². The van der Waals surface area contributed by atoms with E-state index in [1.165, 1.54) is 0 Å². The maximum Gasteiger partial charge on any atom is 0.258 e. The normalized spacial score (nSPS) is 12.5. The summed E-state index contributed by atoms with van der Waals surface area (Å²) >= 11 is 0. The van der Waals surface area contributed by atoms with Gasteiger partial charge in [-0.25, -0.2) is 9.97 Å². The van der Waals surface area contributed by atoms with Crippen LogP contribution in [-0.2, 0) is 0 Å². The number of hydrogen-bond donors (Lipinski definition) is 2. The van der Waals surface area contributed by atoms with Gasteiger partial charge in [0, 0.05) is 18.1 Å². The predicted octanol–water partition coefficient (Wildman–Crippen LogP) is 2.05. The number of fused-ring (bicyclic) bond motifs is 1. The van der Waals surface area contributed by atoms with Crippen molar-refractivity contribution in [2.45, 2.75) is 26.8 Å². The van der Waals surface area contributed by atoms with E-state index in [4.69, 9.17) is 4.52 Å². The molecule has 0 bridgehead atoms. The molecule has 3 heterocycles. The first-order valence-corrected chi connectivity index (χ1v) is 6.60. The van der Waals surface area contributed by atoms with Gasteiger partial charge in [-0.05, 0) is 26.8 Å². The minimum Gasteiger partial charge on any atom is -0.347 e. The molecule has 0 aliphatic heterocycles. The highest BCUT2D eigenvalue weighted by Gasteiger charge is 2.20. The number of aromatic nitrogens is 4. The summed E-state index contributed by atoms with van der Waals surface area (Å²) in [5.74, 6) is 0.494. The lowest BCUT2D eigenvalue weighted by molar-refractivity contribution is 0.0940. The van der Waals surface area contributed by atoms with Gasteiger partial charge in [0.05, 0.1) is 22.7 Å². The number of amides is 1. The van der Waals surface area contributed by atoms with E-state index in [0.29, 0.717) is 33.9 Å². The summed E-state index contributed by atoms with van der Waals surface area (Å²) in [6.07, 6.45) is 3.37. The van der Waals surface area contributed by atoms with E-state index in [9.17, 15) is 4.79 Å². The van der Waals surface area contributed by atoms with Crippen molar-refractivity contribution < 1.29 is 9.32 Å². The van der Waals surface area contributed by atoms with Crippen molar-refractivity contribution in [3.8, 4) is 0 Å². The van der Waals surface area contributed by atoms with Gasteiger partial charge in [0.1, 0.15) is 5.82 Å². The number of hydrogen-bond acceptors (Lipinski definition) is 5. The zero-order valence-corrected chi connectivity index (χ0v) is 12.0. The molecule has 0 fully saturated rings. The smallest absolute Gasteiger partial charge is 0.258 e. The minimum absolute atomic E-state index is 0.208. The van der Waals surface area contributed by atoms with E-state index in [2.05, 4.69) is 25.4 Å². The van der Waals surface area contributed by atoms with Crippen LogP contribution in [0.1, 0.15) is 40.5 Å². The molecule has 0 saturated carbocycles. The molecular weight excluding hydrogens is 270 g/mol. The molecule has 21 heavy (non-hydrogen) atoms. The topological polar surface area (TPSA) is 96.7 Å². The number of aromatic amines is 1. The van der Waals surface area contributed by atoms with Gasteiger partial charge in [-0.15, -0.1) is 0 Å². The van der Waals surface area contributed by atoms with Crippen LogP contribution in [0.5, 0.6) is 0 Å². The van der Waals surface area contributed by atoms with Crippen LogP contribution >= 0.6 is 0 Å². The van der Waals surface area contributed by atoms with Gasteiger partial charge in [-0.3, -0.25) is 4.79 Å². The maximum absolute atomic E-state index is 12.5. The van der Waals surface area contributed by atoms with Crippen molar-refractivity contribution in [3.05, 3.63) is 41.2 Å². The summed E-state index contributed by atoms with van der Waals surface area (Å²) < 4.78 is 5.14. The molecule has 0 spiro atoms. The van der Waals surface area contributed by atoms with E-state index in [1.54, 1.807) is 25.4 Å². The molecule has 0 aliphatic carbocycles. The third-order valence-corrected chi connectivity index (χ3v) is 3.27. The Hall–Kier alpha value is -2.70. The van der Waals surface area contributed by atoms with Crippen molar-refractivity contribution in [1.82, 2.24) is 25.4 Å². The zero-order chi connectivity index (χ0) is 15.0. The second kappa shape index (κ2) is 5.01. The van der Waals surface area contributed by atoms with Crippen LogP contribution in [0.4, 0.5) is 0 Å². The van der Waals surface area contributed by atoms with Crippen LogP contribution in [0.15, 0.2) is 23.0 Å². The Morgan fingerprint density at radius 1 is 1.43 bits per heavy atom. The fourth-order valence-electron chi connectivity index (χ4n) is 2.25. The fraction of sp³-hybridized carbons (Fsp3) is 0.286. The molecule has 0 aromatic carbocycles. The fourth-order valence-corrected chi connectivity index (χ4v) is 2.25. The molecular formula is C14H15N5O2. The van der Waals surface area contributed by atoms with Crippen LogP contribution in [0, 0.1) is 13.8 Å². The maximum atomic E-state index is 12.5. The Kier molecular flexibility index (Phi) is 3.17. The summed E-state index contributed by atoms with van der Waals surface area (Å²) in [5, 5.41) is 7.42. The van der Waals surface area contributed by atoms with Crippen LogP contribution < -0.4 is 5.32 Å². The number of H-pyrrole nitrogens is 1. The van der Waals surface area contributed by atoms with Gasteiger partial charge < -0.3 is 14.8 Å². The van der Waals surface area contributed by atoms with Crippen LogP contribution in [0.25, 0.3) is 11.1 Å². The average Bonchev–Trinajstić information content (AvgIpc) is 3.08. The van der Waals surface area contributed by atoms with Crippen molar-refractivity contribution in [2.75, 3.05) is 0 Å². The Bertz CT molecular complexity index is 791. The Labute approximate surface area is 120 Å². The first kappa shape index (κ1) is 13.3. The number of imidazole rings is 1. The lowest BCUT2D eigenvalue weighted by atomic mass is 10.1. The Morgan fingerprint density at radius 3 is 2.95 bits per heavy atom. The number of pyridine rings is 1. The van der Waals surface area contributed by atoms with Gasteiger partial charge in [-0.2, -0.15) is 0 Å². The highest BCUT2D eigenvalue weighted by Crippen LogP contribution is 2.22. The molecule has 3 aromatic rings. The molecule has 0 saturated heterocycles. The quantitative estimate of drug-likeness (QED) is 0.767. The Morgan fingerprint density at radius 2 is 2.24 bits per heavy atom. The molecule has 3 aromatic heterocycles. The largest absolute Gasteiger partial charge is 0.347 e. The number of aryl methyl sites for hydroxylation is 2. The summed E-state index contributed by atoms with van der Waals surface area (Å²) in [4.78, 5) is 23.9. The zero-order valence-electron chi connectivity index (χ0n) is 12.0. The van der Waals surface area contributed by atoms with Crippen molar-refractivity contribution >= 4 is 17.0 Å². The average molecular weight is 285 g/mol. The number of carbonyl (C=O) groups is 1. The molecule has 0 radical (unpaired) electrons. The molecule has 3 rings (SSSR count). The molecule has 1 unspecified atom stereocenters. The highest BCUT2D eigenvalue weighted by atomic mass is 16.5. The highest BCUT2D eigenvalue weighted by molar-refractivity contribution is 6.06. The SMILES string of the molecule is Cc1cc(C(=O)NC(C)c2ncc[nH]2)c2c(C)noc2n1. The lowest BCUT2D eigenvalue weighted by Crippen LogP contribution is -2.27. The van der Waals surface area contributed by atoms with E-state index < -0.39 is 0 Å². The van der Waals surface area contributed by atoms with Crippen molar-refractivity contribution in [3.63, 3.8) is 0 Å². The Balaban J connectivity index is 1.96. The molecule has 0 aliphatic rings. The van der Waals surface area contributed by atoms with E-state index in [1.807, 2.05) is 13.8 Å².